The number of epoxide rings is 1. The average Bonchev–Trinajstić information content (AvgIpc) is 2.57. The van der Waals surface area contributed by atoms with E-state index in [1.165, 1.54) is 32.8 Å². The maximum atomic E-state index is 11.4. The summed E-state index contributed by atoms with van der Waals surface area (Å²) in [6.07, 6.45) is 5.98. The third-order valence-electron chi connectivity index (χ3n) is 4.33. The number of methoxy groups -OCH3 is 1. The molecule has 2 saturated carbocycles. The summed E-state index contributed by atoms with van der Waals surface area (Å²) in [5.41, 5.74) is -0.0890. The molecule has 3 rings (SSSR count). The molecule has 0 N–H and O–H groups in total. The number of hydrogen-bond donors (Lipinski definition) is 0. The maximum absolute atomic E-state index is 11.4. The first-order valence-corrected chi connectivity index (χ1v) is 5.53. The fourth-order valence-corrected chi connectivity index (χ4v) is 3.63. The maximum Gasteiger partial charge on any atom is 0.338 e. The zero-order valence-electron chi connectivity index (χ0n) is 8.49. The van der Waals surface area contributed by atoms with Gasteiger partial charge in [-0.05, 0) is 31.1 Å². The molecule has 0 aromatic carbocycles. The standard InChI is InChI=1S/C11H16O3/c1-13-10(12)9-11(14-9)6-5-7-3-2-4-8(7)11/h7-9H,2-6H2,1H3. The van der Waals surface area contributed by atoms with Crippen molar-refractivity contribution in [3.63, 3.8) is 0 Å². The molecule has 1 aliphatic heterocycles. The molecule has 2 aliphatic carbocycles. The molecule has 3 fully saturated rings. The van der Waals surface area contributed by atoms with Crippen LogP contribution in [0.25, 0.3) is 0 Å². The van der Waals surface area contributed by atoms with Crippen molar-refractivity contribution in [2.75, 3.05) is 7.11 Å². The van der Waals surface area contributed by atoms with Gasteiger partial charge in [-0.1, -0.05) is 12.8 Å². The van der Waals surface area contributed by atoms with Crippen LogP contribution in [0.3, 0.4) is 0 Å². The fraction of sp³-hybridized carbons (Fsp3) is 0.909. The Kier molecular flexibility index (Phi) is 1.69. The highest BCUT2D eigenvalue weighted by Crippen LogP contribution is 2.61. The van der Waals surface area contributed by atoms with E-state index in [4.69, 9.17) is 9.47 Å². The van der Waals surface area contributed by atoms with Crippen LogP contribution in [0.4, 0.5) is 0 Å². The van der Waals surface area contributed by atoms with Crippen LogP contribution >= 0.6 is 0 Å². The molecule has 0 aromatic rings. The molecule has 0 bridgehead atoms. The van der Waals surface area contributed by atoms with E-state index in [2.05, 4.69) is 0 Å². The minimum absolute atomic E-state index is 0.0890. The highest BCUT2D eigenvalue weighted by molar-refractivity contribution is 5.79. The van der Waals surface area contributed by atoms with E-state index in [9.17, 15) is 4.79 Å². The number of fused-ring (bicyclic) bond motifs is 2. The molecule has 3 heteroatoms. The molecule has 1 saturated heterocycles. The van der Waals surface area contributed by atoms with Crippen molar-refractivity contribution in [3.05, 3.63) is 0 Å². The van der Waals surface area contributed by atoms with Crippen molar-refractivity contribution < 1.29 is 14.3 Å². The van der Waals surface area contributed by atoms with E-state index in [1.54, 1.807) is 0 Å². The Morgan fingerprint density at radius 3 is 3.07 bits per heavy atom. The topological polar surface area (TPSA) is 38.8 Å². The number of rotatable bonds is 1. The van der Waals surface area contributed by atoms with Crippen molar-refractivity contribution in [2.24, 2.45) is 11.8 Å². The highest BCUT2D eigenvalue weighted by atomic mass is 16.7. The molecular weight excluding hydrogens is 180 g/mol. The van der Waals surface area contributed by atoms with Crippen molar-refractivity contribution in [1.29, 1.82) is 0 Å². The van der Waals surface area contributed by atoms with E-state index < -0.39 is 0 Å². The number of hydrogen-bond acceptors (Lipinski definition) is 3. The van der Waals surface area contributed by atoms with Gasteiger partial charge in [0.05, 0.1) is 7.11 Å². The summed E-state index contributed by atoms with van der Waals surface area (Å²) in [7, 11) is 1.44. The van der Waals surface area contributed by atoms with Gasteiger partial charge in [-0.15, -0.1) is 0 Å². The molecule has 1 heterocycles. The summed E-state index contributed by atoms with van der Waals surface area (Å²) < 4.78 is 10.4. The fourth-order valence-electron chi connectivity index (χ4n) is 3.63. The van der Waals surface area contributed by atoms with Crippen LogP contribution in [-0.4, -0.2) is 24.8 Å². The van der Waals surface area contributed by atoms with Gasteiger partial charge in [0, 0.05) is 0 Å². The third kappa shape index (κ3) is 0.937. The van der Waals surface area contributed by atoms with Crippen LogP contribution in [0.2, 0.25) is 0 Å². The second kappa shape index (κ2) is 2.72. The molecular formula is C11H16O3. The zero-order valence-corrected chi connectivity index (χ0v) is 8.49. The first kappa shape index (κ1) is 8.72. The van der Waals surface area contributed by atoms with Gasteiger partial charge in [0.15, 0.2) is 6.10 Å². The number of carbonyl (C=O) groups excluding carboxylic acids is 1. The molecule has 1 spiro atoms. The Morgan fingerprint density at radius 2 is 2.29 bits per heavy atom. The van der Waals surface area contributed by atoms with Crippen LogP contribution in [-0.2, 0) is 14.3 Å². The summed E-state index contributed by atoms with van der Waals surface area (Å²) in [5, 5.41) is 0. The van der Waals surface area contributed by atoms with E-state index >= 15 is 0 Å². The lowest BCUT2D eigenvalue weighted by atomic mass is 9.89. The summed E-state index contributed by atoms with van der Waals surface area (Å²) in [4.78, 5) is 11.4. The predicted octanol–water partition coefficient (Wildman–Crippen LogP) is 1.51. The Hall–Kier alpha value is -0.570. The molecule has 78 valence electrons. The third-order valence-corrected chi connectivity index (χ3v) is 4.33. The lowest BCUT2D eigenvalue weighted by Crippen LogP contribution is -2.26. The lowest BCUT2D eigenvalue weighted by Gasteiger charge is -2.13. The van der Waals surface area contributed by atoms with E-state index in [0.717, 1.165) is 12.3 Å². The van der Waals surface area contributed by atoms with Gasteiger partial charge in [-0.3, -0.25) is 0 Å². The lowest BCUT2D eigenvalue weighted by molar-refractivity contribution is -0.142. The van der Waals surface area contributed by atoms with Crippen LogP contribution < -0.4 is 0 Å². The molecule has 3 aliphatic rings. The second-order valence-electron chi connectivity index (χ2n) is 4.81. The van der Waals surface area contributed by atoms with Gasteiger partial charge in [0.1, 0.15) is 5.60 Å². The first-order valence-electron chi connectivity index (χ1n) is 5.53. The van der Waals surface area contributed by atoms with Crippen molar-refractivity contribution in [2.45, 2.75) is 43.8 Å². The molecule has 0 aromatic heterocycles. The van der Waals surface area contributed by atoms with Crippen LogP contribution in [0.5, 0.6) is 0 Å². The smallest absolute Gasteiger partial charge is 0.338 e. The predicted molar refractivity (Wildman–Crippen MR) is 49.7 cm³/mol. The van der Waals surface area contributed by atoms with E-state index in [0.29, 0.717) is 5.92 Å². The summed E-state index contributed by atoms with van der Waals surface area (Å²) in [6.45, 7) is 0. The van der Waals surface area contributed by atoms with Gasteiger partial charge >= 0.3 is 5.97 Å². The Balaban J connectivity index is 1.78. The molecule has 14 heavy (non-hydrogen) atoms. The van der Waals surface area contributed by atoms with Crippen molar-refractivity contribution >= 4 is 5.97 Å². The number of carbonyl (C=O) groups is 1. The molecule has 3 nitrogen and oxygen atoms in total. The van der Waals surface area contributed by atoms with Gasteiger partial charge in [0.2, 0.25) is 0 Å². The van der Waals surface area contributed by atoms with Gasteiger partial charge in [-0.25, -0.2) is 4.79 Å². The van der Waals surface area contributed by atoms with E-state index in [1.807, 2.05) is 0 Å². The minimum Gasteiger partial charge on any atom is -0.467 e. The van der Waals surface area contributed by atoms with Crippen LogP contribution in [0.15, 0.2) is 0 Å². The van der Waals surface area contributed by atoms with Crippen molar-refractivity contribution in [3.8, 4) is 0 Å². The Bertz CT molecular complexity index is 276. The van der Waals surface area contributed by atoms with Gasteiger partial charge in [0.25, 0.3) is 0 Å². The summed E-state index contributed by atoms with van der Waals surface area (Å²) >= 11 is 0. The average molecular weight is 196 g/mol. The zero-order chi connectivity index (χ0) is 9.76. The molecule has 4 unspecified atom stereocenters. The minimum atomic E-state index is -0.236. The molecule has 0 radical (unpaired) electrons. The Morgan fingerprint density at radius 1 is 1.43 bits per heavy atom. The van der Waals surface area contributed by atoms with Crippen LogP contribution in [0.1, 0.15) is 32.1 Å². The molecule has 0 amide bonds. The SMILES string of the molecule is COC(=O)C1OC12CCC1CCCC12. The van der Waals surface area contributed by atoms with Crippen molar-refractivity contribution in [1.82, 2.24) is 0 Å². The largest absolute Gasteiger partial charge is 0.467 e. The second-order valence-corrected chi connectivity index (χ2v) is 4.81. The Labute approximate surface area is 83.8 Å². The summed E-state index contributed by atoms with van der Waals surface area (Å²) in [6, 6.07) is 0. The number of esters is 1. The monoisotopic (exact) mass is 196 g/mol. The van der Waals surface area contributed by atoms with Gasteiger partial charge < -0.3 is 9.47 Å². The van der Waals surface area contributed by atoms with Crippen LogP contribution in [0, 0.1) is 11.8 Å². The van der Waals surface area contributed by atoms with E-state index in [-0.39, 0.29) is 17.7 Å². The molecule has 4 atom stereocenters. The first-order chi connectivity index (χ1) is 6.78. The summed E-state index contributed by atoms with van der Waals surface area (Å²) in [5.74, 6) is 1.30. The normalized spacial score (nSPS) is 49.4. The quantitative estimate of drug-likeness (QED) is 0.471. The highest BCUT2D eigenvalue weighted by Gasteiger charge is 2.69. The number of ether oxygens (including phenoxy) is 2. The van der Waals surface area contributed by atoms with Gasteiger partial charge in [-0.2, -0.15) is 0 Å².